The zero-order valence-electron chi connectivity index (χ0n) is 31.1. The monoisotopic (exact) mass is 736 g/mol. The Hall–Kier alpha value is -5.66. The first kappa shape index (κ1) is 36.7. The molecule has 54 heavy (non-hydrogen) atoms. The minimum absolute atomic E-state index is 0.0785. The van der Waals surface area contributed by atoms with Crippen molar-refractivity contribution in [3.63, 3.8) is 0 Å². The van der Waals surface area contributed by atoms with Gasteiger partial charge < -0.3 is 39.9 Å². The first-order valence-electron chi connectivity index (χ1n) is 18.8. The number of H-pyrrole nitrogens is 2. The smallest absolute Gasteiger partial charge is 0.407 e. The molecule has 3 saturated heterocycles. The molecule has 4 amide bonds. The summed E-state index contributed by atoms with van der Waals surface area (Å²) >= 11 is 0. The number of alkyl carbamates (subject to hydrolysis) is 2. The number of ether oxygens (including phenoxy) is 2. The van der Waals surface area contributed by atoms with Crippen LogP contribution in [0.25, 0.3) is 33.6 Å². The standard InChI is InChI=1S/C40H48N8O6/c1-23(2)34(46-40(52)54-4)38(50)47-20-6-9-32(47)35-41-21-30(43-35)26-14-10-24(11-15-26)25-12-16-27(17-13-25)31-22-42-36(44-31)33-19-18-28-7-5-8-29(37(49)48(28)33)45-39(51)53-3/h10-17,21-23,28-29,32-34H,5-9,18-20H2,1-4H3,(H,41,43)(H,42,44)(H,45,51)(H,46,52)/t28-,29-,32-,33-,34-/m0/s1. The van der Waals surface area contributed by atoms with Gasteiger partial charge in [-0.05, 0) is 73.1 Å². The number of likely N-dealkylation sites (tertiary alicyclic amines) is 1. The van der Waals surface area contributed by atoms with Crippen molar-refractivity contribution in [2.75, 3.05) is 20.8 Å². The molecule has 14 nitrogen and oxygen atoms in total. The third-order valence-electron chi connectivity index (χ3n) is 11.0. The highest BCUT2D eigenvalue weighted by Gasteiger charge is 2.44. The van der Waals surface area contributed by atoms with Gasteiger partial charge in [0.25, 0.3) is 0 Å². The lowest BCUT2D eigenvalue weighted by atomic mass is 10.0. The number of methoxy groups -OCH3 is 2. The molecule has 4 aromatic rings. The van der Waals surface area contributed by atoms with Crippen molar-refractivity contribution >= 4 is 24.0 Å². The molecule has 2 aromatic carbocycles. The van der Waals surface area contributed by atoms with E-state index < -0.39 is 24.3 Å². The van der Waals surface area contributed by atoms with E-state index in [1.807, 2.05) is 29.8 Å². The zero-order chi connectivity index (χ0) is 37.9. The molecule has 0 spiro atoms. The van der Waals surface area contributed by atoms with E-state index >= 15 is 0 Å². The maximum atomic E-state index is 13.6. The average molecular weight is 737 g/mol. The molecule has 4 N–H and O–H groups in total. The number of carbonyl (C=O) groups excluding carboxylic acids is 4. The molecule has 2 aromatic heterocycles. The summed E-state index contributed by atoms with van der Waals surface area (Å²) in [7, 11) is 2.59. The van der Waals surface area contributed by atoms with Crippen LogP contribution >= 0.6 is 0 Å². The highest BCUT2D eigenvalue weighted by Crippen LogP contribution is 2.40. The minimum atomic E-state index is -0.685. The van der Waals surface area contributed by atoms with Gasteiger partial charge in [0.1, 0.15) is 23.7 Å². The lowest BCUT2D eigenvalue weighted by molar-refractivity contribution is -0.136. The van der Waals surface area contributed by atoms with E-state index in [1.165, 1.54) is 14.2 Å². The SMILES string of the molecule is COC(=O)N[C@H]1CCC[C@H]2CC[C@@H](c3ncc(-c4ccc(-c5ccc(-c6cnc([C@@H]7CCCN7C(=O)[C@@H](NC(=O)OC)C(C)C)[nH]6)cc5)cc4)[nH]3)N2C1=O. The largest absolute Gasteiger partial charge is 0.453 e. The minimum Gasteiger partial charge on any atom is -0.453 e. The summed E-state index contributed by atoms with van der Waals surface area (Å²) < 4.78 is 9.51. The van der Waals surface area contributed by atoms with E-state index in [9.17, 15) is 19.2 Å². The fraction of sp³-hybridized carbons (Fsp3) is 0.450. The molecule has 0 unspecified atom stereocenters. The summed E-state index contributed by atoms with van der Waals surface area (Å²) in [6.45, 7) is 4.40. The average Bonchev–Trinajstić information content (AvgIpc) is 4.02. The first-order valence-corrected chi connectivity index (χ1v) is 18.8. The third-order valence-corrected chi connectivity index (χ3v) is 11.0. The van der Waals surface area contributed by atoms with E-state index in [4.69, 9.17) is 14.5 Å². The predicted molar refractivity (Wildman–Crippen MR) is 201 cm³/mol. The second kappa shape index (κ2) is 15.7. The molecule has 5 heterocycles. The van der Waals surface area contributed by atoms with Gasteiger partial charge in [0, 0.05) is 12.6 Å². The number of benzene rings is 2. The number of nitrogens with zero attached hydrogens (tertiary/aromatic N) is 4. The number of hydrogen-bond acceptors (Lipinski definition) is 8. The van der Waals surface area contributed by atoms with Gasteiger partial charge in [0.05, 0.1) is 50.1 Å². The number of imidazole rings is 2. The Morgan fingerprint density at radius 3 is 1.89 bits per heavy atom. The number of rotatable bonds is 9. The van der Waals surface area contributed by atoms with Gasteiger partial charge in [-0.3, -0.25) is 9.59 Å². The van der Waals surface area contributed by atoms with Crippen molar-refractivity contribution in [3.8, 4) is 33.6 Å². The molecule has 3 fully saturated rings. The maximum absolute atomic E-state index is 13.6. The molecule has 5 atom stereocenters. The molecule has 0 aliphatic carbocycles. The van der Waals surface area contributed by atoms with Crippen LogP contribution in [0.5, 0.6) is 0 Å². The van der Waals surface area contributed by atoms with Crippen LogP contribution in [0.4, 0.5) is 9.59 Å². The van der Waals surface area contributed by atoms with Gasteiger partial charge in [0.2, 0.25) is 11.8 Å². The molecule has 7 rings (SSSR count). The van der Waals surface area contributed by atoms with Crippen molar-refractivity contribution in [2.24, 2.45) is 5.92 Å². The number of amides is 4. The summed E-state index contributed by atoms with van der Waals surface area (Å²) in [6.07, 6.45) is 8.12. The van der Waals surface area contributed by atoms with Crippen LogP contribution in [0.15, 0.2) is 60.9 Å². The van der Waals surface area contributed by atoms with E-state index in [1.54, 1.807) is 6.20 Å². The van der Waals surface area contributed by atoms with Crippen LogP contribution in [0, 0.1) is 5.92 Å². The van der Waals surface area contributed by atoms with E-state index in [0.29, 0.717) is 13.0 Å². The Balaban J connectivity index is 1.01. The second-order valence-corrected chi connectivity index (χ2v) is 14.7. The van der Waals surface area contributed by atoms with Crippen LogP contribution in [0.2, 0.25) is 0 Å². The van der Waals surface area contributed by atoms with Crippen LogP contribution in [-0.4, -0.2) is 92.6 Å². The first-order chi connectivity index (χ1) is 26.1. The predicted octanol–water partition coefficient (Wildman–Crippen LogP) is 6.12. The van der Waals surface area contributed by atoms with E-state index in [2.05, 4.69) is 74.1 Å². The Morgan fingerprint density at radius 1 is 0.741 bits per heavy atom. The van der Waals surface area contributed by atoms with Crippen LogP contribution in [0.1, 0.15) is 82.5 Å². The van der Waals surface area contributed by atoms with Gasteiger partial charge in [-0.2, -0.15) is 0 Å². The fourth-order valence-corrected chi connectivity index (χ4v) is 8.15. The van der Waals surface area contributed by atoms with Crippen molar-refractivity contribution < 1.29 is 28.7 Å². The quantitative estimate of drug-likeness (QED) is 0.159. The summed E-state index contributed by atoms with van der Waals surface area (Å²) in [5, 5.41) is 5.41. The van der Waals surface area contributed by atoms with Crippen molar-refractivity contribution in [1.82, 2.24) is 40.4 Å². The molecule has 0 saturated carbocycles. The topological polar surface area (TPSA) is 175 Å². The second-order valence-electron chi connectivity index (χ2n) is 14.7. The van der Waals surface area contributed by atoms with Gasteiger partial charge in [0.15, 0.2) is 0 Å². The number of aromatic nitrogens is 4. The molecule has 3 aliphatic heterocycles. The summed E-state index contributed by atoms with van der Waals surface area (Å²) in [5.74, 6) is 1.16. The van der Waals surface area contributed by atoms with E-state index in [-0.39, 0.29) is 35.9 Å². The van der Waals surface area contributed by atoms with Crippen LogP contribution in [-0.2, 0) is 19.1 Å². The molecule has 3 aliphatic rings. The number of nitrogens with one attached hydrogen (secondary N) is 4. The molecule has 0 radical (unpaired) electrons. The Kier molecular flexibility index (Phi) is 10.7. The molecular weight excluding hydrogens is 688 g/mol. The molecule has 14 heteroatoms. The third kappa shape index (κ3) is 7.42. The Bertz CT molecular complexity index is 1970. The summed E-state index contributed by atoms with van der Waals surface area (Å²) in [5.41, 5.74) is 5.83. The lowest BCUT2D eigenvalue weighted by Gasteiger charge is -2.30. The van der Waals surface area contributed by atoms with Gasteiger partial charge in [-0.15, -0.1) is 0 Å². The van der Waals surface area contributed by atoms with Crippen molar-refractivity contribution in [3.05, 3.63) is 72.6 Å². The number of fused-ring (bicyclic) bond motifs is 1. The summed E-state index contributed by atoms with van der Waals surface area (Å²) in [4.78, 5) is 71.0. The van der Waals surface area contributed by atoms with Crippen LogP contribution < -0.4 is 10.6 Å². The van der Waals surface area contributed by atoms with Gasteiger partial charge in [-0.25, -0.2) is 19.6 Å². The van der Waals surface area contributed by atoms with Crippen LogP contribution in [0.3, 0.4) is 0 Å². The number of carbonyl (C=O) groups is 4. The van der Waals surface area contributed by atoms with Crippen molar-refractivity contribution in [1.29, 1.82) is 0 Å². The van der Waals surface area contributed by atoms with Gasteiger partial charge in [-0.1, -0.05) is 62.4 Å². The normalized spacial score (nSPS) is 21.8. The Morgan fingerprint density at radius 2 is 1.31 bits per heavy atom. The maximum Gasteiger partial charge on any atom is 0.407 e. The van der Waals surface area contributed by atoms with Crippen molar-refractivity contribution in [2.45, 2.75) is 89.0 Å². The number of hydrogen-bond donors (Lipinski definition) is 4. The molecular formula is C40H48N8O6. The van der Waals surface area contributed by atoms with E-state index in [0.717, 1.165) is 83.8 Å². The highest BCUT2D eigenvalue weighted by molar-refractivity contribution is 5.87. The summed E-state index contributed by atoms with van der Waals surface area (Å²) in [6, 6.07) is 15.0. The molecule has 284 valence electrons. The number of aromatic amines is 2. The molecule has 0 bridgehead atoms. The highest BCUT2D eigenvalue weighted by atomic mass is 16.5. The van der Waals surface area contributed by atoms with Gasteiger partial charge >= 0.3 is 12.2 Å². The lowest BCUT2D eigenvalue weighted by Crippen LogP contribution is -2.51. The zero-order valence-corrected chi connectivity index (χ0v) is 31.1. The Labute approximate surface area is 314 Å². The fourth-order valence-electron chi connectivity index (χ4n) is 8.15.